The second-order valence-corrected chi connectivity index (χ2v) is 5.03. The second-order valence-electron chi connectivity index (χ2n) is 5.03. The minimum absolute atomic E-state index is 0.0721. The van der Waals surface area contributed by atoms with Crippen LogP contribution in [0.4, 0.5) is 0 Å². The summed E-state index contributed by atoms with van der Waals surface area (Å²) < 4.78 is 10.5. The number of methoxy groups -OCH3 is 2. The molecule has 2 rings (SSSR count). The van der Waals surface area contributed by atoms with Gasteiger partial charge in [-0.2, -0.15) is 0 Å². The first-order valence-corrected chi connectivity index (χ1v) is 6.90. The lowest BCUT2D eigenvalue weighted by Crippen LogP contribution is -2.37. The number of carbonyl (C=O) groups is 1. The highest BCUT2D eigenvalue weighted by molar-refractivity contribution is 5.96. The quantitative estimate of drug-likeness (QED) is 0.857. The highest BCUT2D eigenvalue weighted by Crippen LogP contribution is 2.30. The summed E-state index contributed by atoms with van der Waals surface area (Å²) in [5.41, 5.74) is 1.50. The highest BCUT2D eigenvalue weighted by atomic mass is 16.5. The van der Waals surface area contributed by atoms with E-state index >= 15 is 0 Å². The van der Waals surface area contributed by atoms with Gasteiger partial charge in [-0.1, -0.05) is 0 Å². The Hall–Kier alpha value is -1.75. The summed E-state index contributed by atoms with van der Waals surface area (Å²) in [5.74, 6) is 1.14. The molecule has 1 aromatic rings. The molecule has 1 heterocycles. The maximum atomic E-state index is 12.3. The number of amides is 1. The largest absolute Gasteiger partial charge is 0.493 e. The first-order chi connectivity index (χ1) is 9.65. The molecule has 20 heavy (non-hydrogen) atoms. The number of nitrogens with one attached hydrogen (secondary N) is 2. The van der Waals surface area contributed by atoms with Crippen LogP contribution in [0.2, 0.25) is 0 Å². The number of hydrogen-bond donors (Lipinski definition) is 2. The third-order valence-corrected chi connectivity index (χ3v) is 3.65. The molecule has 110 valence electrons. The summed E-state index contributed by atoms with van der Waals surface area (Å²) in [7, 11) is 3.15. The second kappa shape index (κ2) is 6.61. The summed E-state index contributed by atoms with van der Waals surface area (Å²) in [4.78, 5) is 12.3. The van der Waals surface area contributed by atoms with Crippen LogP contribution in [0, 0.1) is 6.92 Å². The van der Waals surface area contributed by atoms with Crippen LogP contribution in [-0.2, 0) is 0 Å². The van der Waals surface area contributed by atoms with Crippen LogP contribution in [0.3, 0.4) is 0 Å². The molecule has 2 N–H and O–H groups in total. The highest BCUT2D eigenvalue weighted by Gasteiger charge is 2.17. The molecule has 0 saturated carbocycles. The number of hydrogen-bond acceptors (Lipinski definition) is 4. The van der Waals surface area contributed by atoms with Gasteiger partial charge >= 0.3 is 0 Å². The fourth-order valence-electron chi connectivity index (χ4n) is 2.47. The van der Waals surface area contributed by atoms with E-state index in [-0.39, 0.29) is 5.91 Å². The van der Waals surface area contributed by atoms with Crippen molar-refractivity contribution in [1.29, 1.82) is 0 Å². The monoisotopic (exact) mass is 278 g/mol. The van der Waals surface area contributed by atoms with Crippen molar-refractivity contribution >= 4 is 5.91 Å². The van der Waals surface area contributed by atoms with Crippen molar-refractivity contribution in [3.63, 3.8) is 0 Å². The molecule has 0 aromatic heterocycles. The average molecular weight is 278 g/mol. The van der Waals surface area contributed by atoms with E-state index in [0.717, 1.165) is 18.5 Å². The van der Waals surface area contributed by atoms with Crippen LogP contribution < -0.4 is 20.1 Å². The van der Waals surface area contributed by atoms with Gasteiger partial charge in [0, 0.05) is 18.2 Å². The third-order valence-electron chi connectivity index (χ3n) is 3.65. The number of carbonyl (C=O) groups excluding carboxylic acids is 1. The van der Waals surface area contributed by atoms with E-state index < -0.39 is 0 Å². The summed E-state index contributed by atoms with van der Waals surface area (Å²) in [5, 5.41) is 6.33. The van der Waals surface area contributed by atoms with Crippen LogP contribution in [0.1, 0.15) is 28.8 Å². The van der Waals surface area contributed by atoms with Crippen LogP contribution in [0.25, 0.3) is 0 Å². The van der Waals surface area contributed by atoms with Crippen LogP contribution in [0.5, 0.6) is 11.5 Å². The minimum Gasteiger partial charge on any atom is -0.493 e. The van der Waals surface area contributed by atoms with E-state index in [4.69, 9.17) is 9.47 Å². The Bertz CT molecular complexity index is 482. The van der Waals surface area contributed by atoms with Gasteiger partial charge < -0.3 is 20.1 Å². The van der Waals surface area contributed by atoms with Gasteiger partial charge in [0.2, 0.25) is 0 Å². The molecule has 1 fully saturated rings. The van der Waals surface area contributed by atoms with Gasteiger partial charge in [0.1, 0.15) is 0 Å². The van der Waals surface area contributed by atoms with Crippen molar-refractivity contribution in [3.05, 3.63) is 23.3 Å². The van der Waals surface area contributed by atoms with E-state index in [2.05, 4.69) is 10.6 Å². The Balaban J connectivity index is 2.08. The number of ether oxygens (including phenoxy) is 2. The maximum absolute atomic E-state index is 12.3. The van der Waals surface area contributed by atoms with Crippen LogP contribution in [0.15, 0.2) is 12.1 Å². The lowest BCUT2D eigenvalue weighted by molar-refractivity contribution is 0.0949. The SMILES string of the molecule is COc1cc(C)c(C(=O)NCC2CCCN2)cc1OC. The molecule has 5 heteroatoms. The van der Waals surface area contributed by atoms with Crippen molar-refractivity contribution in [1.82, 2.24) is 10.6 Å². The summed E-state index contributed by atoms with van der Waals surface area (Å²) in [6, 6.07) is 3.94. The van der Waals surface area contributed by atoms with Gasteiger partial charge in [0.25, 0.3) is 5.91 Å². The minimum atomic E-state index is -0.0721. The smallest absolute Gasteiger partial charge is 0.251 e. The lowest BCUT2D eigenvalue weighted by Gasteiger charge is -2.15. The number of aryl methyl sites for hydroxylation is 1. The first kappa shape index (κ1) is 14.7. The summed E-state index contributed by atoms with van der Waals surface area (Å²) in [6.07, 6.45) is 2.29. The van der Waals surface area contributed by atoms with Crippen molar-refractivity contribution < 1.29 is 14.3 Å². The molecule has 1 unspecified atom stereocenters. The van der Waals surface area contributed by atoms with Gasteiger partial charge in [0.15, 0.2) is 11.5 Å². The van der Waals surface area contributed by atoms with Gasteiger partial charge in [-0.05, 0) is 44.0 Å². The third kappa shape index (κ3) is 3.22. The molecule has 0 radical (unpaired) electrons. The fraction of sp³-hybridized carbons (Fsp3) is 0.533. The topological polar surface area (TPSA) is 59.6 Å². The van der Waals surface area contributed by atoms with Gasteiger partial charge in [-0.15, -0.1) is 0 Å². The Labute approximate surface area is 119 Å². The molecule has 0 bridgehead atoms. The summed E-state index contributed by atoms with van der Waals surface area (Å²) >= 11 is 0. The van der Waals surface area contributed by atoms with E-state index in [1.54, 1.807) is 20.3 Å². The van der Waals surface area contributed by atoms with Gasteiger partial charge in [0.05, 0.1) is 14.2 Å². The zero-order valence-electron chi connectivity index (χ0n) is 12.3. The van der Waals surface area contributed by atoms with Crippen molar-refractivity contribution in [3.8, 4) is 11.5 Å². The molecule has 1 saturated heterocycles. The standard InChI is InChI=1S/C15H22N2O3/c1-10-7-13(19-2)14(20-3)8-12(10)15(18)17-9-11-5-4-6-16-11/h7-8,11,16H,4-6,9H2,1-3H3,(H,17,18). The Kier molecular flexibility index (Phi) is 4.84. The van der Waals surface area contributed by atoms with Crippen molar-refractivity contribution in [2.45, 2.75) is 25.8 Å². The van der Waals surface area contributed by atoms with Crippen molar-refractivity contribution in [2.75, 3.05) is 27.3 Å². The molecule has 1 aliphatic heterocycles. The molecule has 0 spiro atoms. The number of rotatable bonds is 5. The predicted octanol–water partition coefficient (Wildman–Crippen LogP) is 1.49. The maximum Gasteiger partial charge on any atom is 0.251 e. The molecule has 1 amide bonds. The Morgan fingerprint density at radius 2 is 2.05 bits per heavy atom. The van der Waals surface area contributed by atoms with Gasteiger partial charge in [-0.25, -0.2) is 0 Å². The average Bonchev–Trinajstić information content (AvgIpc) is 2.97. The molecular weight excluding hydrogens is 256 g/mol. The van der Waals surface area contributed by atoms with E-state index in [1.165, 1.54) is 6.42 Å². The summed E-state index contributed by atoms with van der Waals surface area (Å²) in [6.45, 7) is 3.59. The molecule has 0 aliphatic carbocycles. The predicted molar refractivity (Wildman–Crippen MR) is 77.6 cm³/mol. The zero-order chi connectivity index (χ0) is 14.5. The van der Waals surface area contributed by atoms with Crippen LogP contribution >= 0.6 is 0 Å². The molecule has 1 aliphatic rings. The fourth-order valence-corrected chi connectivity index (χ4v) is 2.47. The first-order valence-electron chi connectivity index (χ1n) is 6.90. The lowest BCUT2D eigenvalue weighted by atomic mass is 10.1. The molecule has 5 nitrogen and oxygen atoms in total. The van der Waals surface area contributed by atoms with E-state index in [1.807, 2.05) is 13.0 Å². The molecule has 1 aromatic carbocycles. The molecule has 1 atom stereocenters. The van der Waals surface area contributed by atoms with Gasteiger partial charge in [-0.3, -0.25) is 4.79 Å². The Morgan fingerprint density at radius 3 is 2.65 bits per heavy atom. The van der Waals surface area contributed by atoms with Crippen molar-refractivity contribution in [2.24, 2.45) is 0 Å². The number of benzene rings is 1. The normalized spacial score (nSPS) is 17.9. The van der Waals surface area contributed by atoms with E-state index in [0.29, 0.717) is 29.6 Å². The van der Waals surface area contributed by atoms with E-state index in [9.17, 15) is 4.79 Å². The molecular formula is C15H22N2O3. The Morgan fingerprint density at radius 1 is 1.35 bits per heavy atom. The van der Waals surface area contributed by atoms with Crippen LogP contribution in [-0.4, -0.2) is 39.3 Å². The zero-order valence-corrected chi connectivity index (χ0v) is 12.3.